The first-order chi connectivity index (χ1) is 11.5. The van der Waals surface area contributed by atoms with E-state index >= 15 is 0 Å². The number of hydrogen-bond donors (Lipinski definition) is 1. The first-order valence-electron chi connectivity index (χ1n) is 9.15. The quantitative estimate of drug-likeness (QED) is 0.679. The minimum Gasteiger partial charge on any atom is -0.381 e. The van der Waals surface area contributed by atoms with Crippen LogP contribution < -0.4 is 5.32 Å². The Balaban J connectivity index is 1.72. The van der Waals surface area contributed by atoms with E-state index in [-0.39, 0.29) is 0 Å². The van der Waals surface area contributed by atoms with Crippen LogP contribution in [-0.2, 0) is 18.3 Å². The number of rotatable bonds is 3. The van der Waals surface area contributed by atoms with Gasteiger partial charge in [0, 0.05) is 51.2 Å². The van der Waals surface area contributed by atoms with E-state index in [1.165, 1.54) is 30.5 Å². The molecule has 2 saturated heterocycles. The SMILES string of the molecule is CCNC(=NCc1c(C)nn(C)c1C)N1CCC2(CCOCC2)C1. The highest BCUT2D eigenvalue weighted by molar-refractivity contribution is 5.80. The Morgan fingerprint density at radius 1 is 1.29 bits per heavy atom. The molecule has 0 bridgehead atoms. The van der Waals surface area contributed by atoms with Gasteiger partial charge in [-0.2, -0.15) is 5.10 Å². The second-order valence-electron chi connectivity index (χ2n) is 7.23. The van der Waals surface area contributed by atoms with E-state index < -0.39 is 0 Å². The van der Waals surface area contributed by atoms with E-state index in [1.807, 2.05) is 11.7 Å². The zero-order chi connectivity index (χ0) is 17.2. The molecule has 6 heteroatoms. The Morgan fingerprint density at radius 3 is 2.67 bits per heavy atom. The topological polar surface area (TPSA) is 54.7 Å². The molecule has 0 amide bonds. The van der Waals surface area contributed by atoms with Crippen molar-refractivity contribution in [2.45, 2.75) is 46.6 Å². The van der Waals surface area contributed by atoms with Crippen LogP contribution in [0, 0.1) is 19.3 Å². The summed E-state index contributed by atoms with van der Waals surface area (Å²) in [5, 5.41) is 7.98. The highest BCUT2D eigenvalue weighted by atomic mass is 16.5. The van der Waals surface area contributed by atoms with Crippen LogP contribution in [0.5, 0.6) is 0 Å². The molecular formula is C18H31N5O. The summed E-state index contributed by atoms with van der Waals surface area (Å²) < 4.78 is 7.50. The van der Waals surface area contributed by atoms with Gasteiger partial charge in [0.1, 0.15) is 0 Å². The van der Waals surface area contributed by atoms with Crippen molar-refractivity contribution in [1.82, 2.24) is 20.0 Å². The summed E-state index contributed by atoms with van der Waals surface area (Å²) in [7, 11) is 2.00. The van der Waals surface area contributed by atoms with E-state index in [4.69, 9.17) is 9.73 Å². The average Bonchev–Trinajstić information content (AvgIpc) is 3.07. The van der Waals surface area contributed by atoms with Crippen molar-refractivity contribution >= 4 is 5.96 Å². The molecule has 24 heavy (non-hydrogen) atoms. The smallest absolute Gasteiger partial charge is 0.194 e. The summed E-state index contributed by atoms with van der Waals surface area (Å²) in [4.78, 5) is 7.37. The molecule has 134 valence electrons. The van der Waals surface area contributed by atoms with Crippen LogP contribution in [-0.4, -0.2) is 53.5 Å². The van der Waals surface area contributed by atoms with Crippen molar-refractivity contribution in [1.29, 1.82) is 0 Å². The summed E-state index contributed by atoms with van der Waals surface area (Å²) in [6.07, 6.45) is 3.62. The number of likely N-dealkylation sites (tertiary alicyclic amines) is 1. The monoisotopic (exact) mass is 333 g/mol. The van der Waals surface area contributed by atoms with Crippen molar-refractivity contribution < 1.29 is 4.74 Å². The van der Waals surface area contributed by atoms with Gasteiger partial charge in [-0.25, -0.2) is 4.99 Å². The summed E-state index contributed by atoms with van der Waals surface area (Å²) in [6.45, 7) is 11.9. The highest BCUT2D eigenvalue weighted by Gasteiger charge is 2.40. The third kappa shape index (κ3) is 3.43. The molecule has 0 aliphatic carbocycles. The number of aryl methyl sites for hydroxylation is 2. The van der Waals surface area contributed by atoms with Crippen LogP contribution in [0.25, 0.3) is 0 Å². The Kier molecular flexibility index (Phi) is 5.13. The summed E-state index contributed by atoms with van der Waals surface area (Å²) in [5.41, 5.74) is 3.97. The van der Waals surface area contributed by atoms with Crippen molar-refractivity contribution in [2.75, 3.05) is 32.8 Å². The lowest BCUT2D eigenvalue weighted by Crippen LogP contribution is -2.42. The van der Waals surface area contributed by atoms with E-state index in [1.54, 1.807) is 0 Å². The zero-order valence-corrected chi connectivity index (χ0v) is 15.6. The van der Waals surface area contributed by atoms with Crippen LogP contribution in [0.15, 0.2) is 4.99 Å². The van der Waals surface area contributed by atoms with Gasteiger partial charge in [0.05, 0.1) is 12.2 Å². The number of nitrogens with one attached hydrogen (secondary N) is 1. The standard InChI is InChI=1S/C18H31N5O/c1-5-19-17(20-12-16-14(2)21-22(4)15(16)3)23-9-6-18(13-23)7-10-24-11-8-18/h5-13H2,1-4H3,(H,19,20). The fraction of sp³-hybridized carbons (Fsp3) is 0.778. The van der Waals surface area contributed by atoms with Crippen LogP contribution in [0.1, 0.15) is 43.1 Å². The number of aromatic nitrogens is 2. The van der Waals surface area contributed by atoms with Gasteiger partial charge in [-0.05, 0) is 45.4 Å². The maximum Gasteiger partial charge on any atom is 0.194 e. The van der Waals surface area contributed by atoms with Crippen LogP contribution in [0.3, 0.4) is 0 Å². The summed E-state index contributed by atoms with van der Waals surface area (Å²) in [5.74, 6) is 1.04. The Hall–Kier alpha value is -1.56. The highest BCUT2D eigenvalue weighted by Crippen LogP contribution is 2.39. The van der Waals surface area contributed by atoms with Crippen LogP contribution in [0.2, 0.25) is 0 Å². The molecular weight excluding hydrogens is 302 g/mol. The summed E-state index contributed by atoms with van der Waals surface area (Å²) in [6, 6.07) is 0. The molecule has 2 fully saturated rings. The Morgan fingerprint density at radius 2 is 2.04 bits per heavy atom. The maximum absolute atomic E-state index is 5.56. The lowest BCUT2D eigenvalue weighted by atomic mass is 9.80. The lowest BCUT2D eigenvalue weighted by molar-refractivity contribution is 0.0217. The molecule has 6 nitrogen and oxygen atoms in total. The third-order valence-electron chi connectivity index (χ3n) is 5.67. The Bertz CT molecular complexity index is 601. The van der Waals surface area contributed by atoms with E-state index in [0.717, 1.165) is 44.5 Å². The molecule has 1 spiro atoms. The second-order valence-corrected chi connectivity index (χ2v) is 7.23. The maximum atomic E-state index is 5.56. The van der Waals surface area contributed by atoms with Gasteiger partial charge in [0.15, 0.2) is 5.96 Å². The van der Waals surface area contributed by atoms with Crippen molar-refractivity contribution in [2.24, 2.45) is 17.5 Å². The molecule has 0 saturated carbocycles. The third-order valence-corrected chi connectivity index (χ3v) is 5.67. The van der Waals surface area contributed by atoms with Crippen LogP contribution in [0.4, 0.5) is 0 Å². The average molecular weight is 333 g/mol. The first kappa shape index (κ1) is 17.3. The number of ether oxygens (including phenoxy) is 1. The van der Waals surface area contributed by atoms with E-state index in [0.29, 0.717) is 12.0 Å². The fourth-order valence-electron chi connectivity index (χ4n) is 3.95. The molecule has 0 radical (unpaired) electrons. The molecule has 3 heterocycles. The van der Waals surface area contributed by atoms with Crippen molar-refractivity contribution in [3.8, 4) is 0 Å². The zero-order valence-electron chi connectivity index (χ0n) is 15.6. The van der Waals surface area contributed by atoms with Gasteiger partial charge in [0.2, 0.25) is 0 Å². The van der Waals surface area contributed by atoms with E-state index in [2.05, 4.69) is 36.1 Å². The van der Waals surface area contributed by atoms with Gasteiger partial charge in [-0.15, -0.1) is 0 Å². The first-order valence-corrected chi connectivity index (χ1v) is 9.15. The minimum atomic E-state index is 0.439. The van der Waals surface area contributed by atoms with Crippen molar-refractivity contribution in [3.05, 3.63) is 17.0 Å². The van der Waals surface area contributed by atoms with Crippen LogP contribution >= 0.6 is 0 Å². The largest absolute Gasteiger partial charge is 0.381 e. The molecule has 1 N–H and O–H groups in total. The number of hydrogen-bond acceptors (Lipinski definition) is 3. The van der Waals surface area contributed by atoms with Gasteiger partial charge in [0.25, 0.3) is 0 Å². The number of guanidine groups is 1. The molecule has 2 aliphatic rings. The normalized spacial score (nSPS) is 20.8. The van der Waals surface area contributed by atoms with Gasteiger partial charge in [-0.1, -0.05) is 0 Å². The molecule has 0 unspecified atom stereocenters. The van der Waals surface area contributed by atoms with Gasteiger partial charge in [-0.3, -0.25) is 4.68 Å². The fourth-order valence-corrected chi connectivity index (χ4v) is 3.95. The summed E-state index contributed by atoms with van der Waals surface area (Å²) >= 11 is 0. The predicted molar refractivity (Wildman–Crippen MR) is 96.2 cm³/mol. The molecule has 0 atom stereocenters. The van der Waals surface area contributed by atoms with Gasteiger partial charge < -0.3 is 15.0 Å². The predicted octanol–water partition coefficient (Wildman–Crippen LogP) is 2.00. The van der Waals surface area contributed by atoms with Gasteiger partial charge >= 0.3 is 0 Å². The molecule has 1 aromatic rings. The lowest BCUT2D eigenvalue weighted by Gasteiger charge is -2.33. The molecule has 2 aliphatic heterocycles. The number of nitrogens with zero attached hydrogens (tertiary/aromatic N) is 4. The minimum absolute atomic E-state index is 0.439. The van der Waals surface area contributed by atoms with Crippen molar-refractivity contribution in [3.63, 3.8) is 0 Å². The Labute approximate surface area is 145 Å². The molecule has 0 aromatic carbocycles. The van der Waals surface area contributed by atoms with E-state index in [9.17, 15) is 0 Å². The second kappa shape index (κ2) is 7.13. The molecule has 3 rings (SSSR count). The number of aliphatic imine (C=N–C) groups is 1. The molecule has 1 aromatic heterocycles.